The molecule has 0 amide bonds. The lowest BCUT2D eigenvalue weighted by Crippen LogP contribution is -2.37. The lowest BCUT2D eigenvalue weighted by atomic mass is 10.0. The Balaban J connectivity index is 2.33. The van der Waals surface area contributed by atoms with Gasteiger partial charge in [0, 0.05) is 30.2 Å². The summed E-state index contributed by atoms with van der Waals surface area (Å²) in [5, 5.41) is 3.57. The van der Waals surface area contributed by atoms with Crippen molar-refractivity contribution in [1.82, 2.24) is 10.2 Å². The highest BCUT2D eigenvalue weighted by molar-refractivity contribution is 6.30. The molecule has 0 radical (unpaired) electrons. The van der Waals surface area contributed by atoms with Crippen LogP contribution < -0.4 is 5.32 Å². The highest BCUT2D eigenvalue weighted by Gasteiger charge is 2.31. The van der Waals surface area contributed by atoms with Gasteiger partial charge in [-0.2, -0.15) is 0 Å². The minimum absolute atomic E-state index is 0.308. The molecule has 110 valence electrons. The molecule has 1 aliphatic rings. The molecule has 1 atom stereocenters. The number of carbonyl (C=O) groups is 1. The summed E-state index contributed by atoms with van der Waals surface area (Å²) in [7, 11) is 1.32. The fraction of sp³-hybridized carbons (Fsp3) is 0.500. The summed E-state index contributed by atoms with van der Waals surface area (Å²) >= 11 is 5.77. The molecule has 4 nitrogen and oxygen atoms in total. The first kappa shape index (κ1) is 15.2. The first-order valence-electron chi connectivity index (χ1n) is 6.61. The number of carbonyl (C=O) groups excluding carboxylic acids is 1. The number of halogens is 2. The van der Waals surface area contributed by atoms with Crippen LogP contribution >= 0.6 is 11.6 Å². The molecule has 1 aromatic carbocycles. The van der Waals surface area contributed by atoms with Gasteiger partial charge in [-0.15, -0.1) is 0 Å². The van der Waals surface area contributed by atoms with Crippen LogP contribution in [0, 0.1) is 5.82 Å². The highest BCUT2D eigenvalue weighted by Crippen LogP contribution is 2.27. The normalized spacial score (nSPS) is 18.4. The van der Waals surface area contributed by atoms with Crippen molar-refractivity contribution >= 4 is 17.6 Å². The van der Waals surface area contributed by atoms with Crippen LogP contribution in [0.2, 0.25) is 5.02 Å². The lowest BCUT2D eigenvalue weighted by molar-refractivity contribution is -0.147. The maximum Gasteiger partial charge on any atom is 0.327 e. The predicted octanol–water partition coefficient (Wildman–Crippen LogP) is 1.99. The van der Waals surface area contributed by atoms with E-state index in [4.69, 9.17) is 16.3 Å². The molecule has 20 heavy (non-hydrogen) atoms. The lowest BCUT2D eigenvalue weighted by Gasteiger charge is -2.28. The van der Waals surface area contributed by atoms with Crippen molar-refractivity contribution in [1.29, 1.82) is 0 Å². The summed E-state index contributed by atoms with van der Waals surface area (Å²) in [4.78, 5) is 14.0. The fourth-order valence-electron chi connectivity index (χ4n) is 2.43. The van der Waals surface area contributed by atoms with Gasteiger partial charge in [0.05, 0.1) is 7.11 Å². The average Bonchev–Trinajstić information content (AvgIpc) is 2.70. The van der Waals surface area contributed by atoms with Crippen LogP contribution in [-0.2, 0) is 9.53 Å². The molecule has 2 rings (SSSR count). The molecular formula is C14H18ClFN2O2. The standard InChI is InChI=1S/C14H18ClFN2O2/c1-20-14(19)13(18-7-2-5-17-6-8-18)11-4-3-10(15)9-12(11)16/h3-4,9,13,17H,2,5-8H2,1H3. The molecular weight excluding hydrogens is 283 g/mol. The molecule has 1 fully saturated rings. The van der Waals surface area contributed by atoms with E-state index in [2.05, 4.69) is 5.32 Å². The molecule has 1 saturated heterocycles. The molecule has 6 heteroatoms. The van der Waals surface area contributed by atoms with Crippen molar-refractivity contribution in [3.05, 3.63) is 34.6 Å². The molecule has 1 N–H and O–H groups in total. The van der Waals surface area contributed by atoms with Crippen molar-refractivity contribution in [2.75, 3.05) is 33.3 Å². The molecule has 0 bridgehead atoms. The van der Waals surface area contributed by atoms with Crippen LogP contribution in [0.3, 0.4) is 0 Å². The van der Waals surface area contributed by atoms with Crippen molar-refractivity contribution in [3.63, 3.8) is 0 Å². The Morgan fingerprint density at radius 3 is 2.95 bits per heavy atom. The minimum atomic E-state index is -0.725. The van der Waals surface area contributed by atoms with Gasteiger partial charge in [-0.05, 0) is 25.1 Å². The van der Waals surface area contributed by atoms with Gasteiger partial charge in [0.25, 0.3) is 0 Å². The largest absolute Gasteiger partial charge is 0.468 e. The third kappa shape index (κ3) is 3.48. The zero-order valence-corrected chi connectivity index (χ0v) is 12.1. The van der Waals surface area contributed by atoms with Crippen LogP contribution in [0.5, 0.6) is 0 Å². The van der Waals surface area contributed by atoms with E-state index in [0.29, 0.717) is 17.1 Å². The average molecular weight is 301 g/mol. The van der Waals surface area contributed by atoms with E-state index < -0.39 is 17.8 Å². The monoisotopic (exact) mass is 300 g/mol. The Morgan fingerprint density at radius 1 is 1.45 bits per heavy atom. The second-order valence-electron chi connectivity index (χ2n) is 4.73. The predicted molar refractivity (Wildman–Crippen MR) is 75.2 cm³/mol. The molecule has 0 aromatic heterocycles. The molecule has 0 aliphatic carbocycles. The van der Waals surface area contributed by atoms with E-state index in [1.165, 1.54) is 13.2 Å². The van der Waals surface area contributed by atoms with E-state index in [-0.39, 0.29) is 0 Å². The van der Waals surface area contributed by atoms with E-state index in [1.807, 2.05) is 4.90 Å². The van der Waals surface area contributed by atoms with Crippen molar-refractivity contribution in [2.24, 2.45) is 0 Å². The van der Waals surface area contributed by atoms with Crippen LogP contribution in [0.25, 0.3) is 0 Å². The molecule has 1 aromatic rings. The third-order valence-electron chi connectivity index (χ3n) is 3.42. The Hall–Kier alpha value is -1.17. The van der Waals surface area contributed by atoms with Crippen LogP contribution in [0.1, 0.15) is 18.0 Å². The quantitative estimate of drug-likeness (QED) is 0.867. The summed E-state index contributed by atoms with van der Waals surface area (Å²) < 4.78 is 19.0. The van der Waals surface area contributed by atoms with E-state index >= 15 is 0 Å². The number of hydrogen-bond donors (Lipinski definition) is 1. The van der Waals surface area contributed by atoms with Gasteiger partial charge in [-0.1, -0.05) is 17.7 Å². The number of hydrogen-bond acceptors (Lipinski definition) is 4. The number of ether oxygens (including phenoxy) is 1. The van der Waals surface area contributed by atoms with Gasteiger partial charge in [0.15, 0.2) is 0 Å². The smallest absolute Gasteiger partial charge is 0.327 e. The summed E-state index contributed by atoms with van der Waals surface area (Å²) in [5.74, 6) is -0.932. The number of methoxy groups -OCH3 is 1. The fourth-order valence-corrected chi connectivity index (χ4v) is 2.59. The summed E-state index contributed by atoms with van der Waals surface area (Å²) in [5.41, 5.74) is 0.308. The zero-order chi connectivity index (χ0) is 14.5. The molecule has 1 unspecified atom stereocenters. The van der Waals surface area contributed by atoms with Crippen molar-refractivity contribution < 1.29 is 13.9 Å². The number of esters is 1. The number of rotatable bonds is 3. The van der Waals surface area contributed by atoms with Gasteiger partial charge in [-0.25, -0.2) is 9.18 Å². The second-order valence-corrected chi connectivity index (χ2v) is 5.17. The molecule has 1 aliphatic heterocycles. The van der Waals surface area contributed by atoms with Gasteiger partial charge in [0.1, 0.15) is 11.9 Å². The van der Waals surface area contributed by atoms with Gasteiger partial charge >= 0.3 is 5.97 Å². The SMILES string of the molecule is COC(=O)C(c1ccc(Cl)cc1F)N1CCCNCC1. The summed E-state index contributed by atoms with van der Waals surface area (Å²) in [6.07, 6.45) is 0.905. The minimum Gasteiger partial charge on any atom is -0.468 e. The Morgan fingerprint density at radius 2 is 2.25 bits per heavy atom. The van der Waals surface area contributed by atoms with Crippen LogP contribution in [-0.4, -0.2) is 44.2 Å². The Labute approximate surface area is 122 Å². The van der Waals surface area contributed by atoms with Gasteiger partial charge in [-0.3, -0.25) is 4.90 Å². The summed E-state index contributed by atoms with van der Waals surface area (Å²) in [6.45, 7) is 3.05. The maximum atomic E-state index is 14.1. The molecule has 0 saturated carbocycles. The van der Waals surface area contributed by atoms with Crippen LogP contribution in [0.15, 0.2) is 18.2 Å². The second kappa shape index (κ2) is 7.02. The maximum absolute atomic E-state index is 14.1. The third-order valence-corrected chi connectivity index (χ3v) is 3.66. The van der Waals surface area contributed by atoms with E-state index in [1.54, 1.807) is 12.1 Å². The van der Waals surface area contributed by atoms with Crippen molar-refractivity contribution in [3.8, 4) is 0 Å². The topological polar surface area (TPSA) is 41.6 Å². The van der Waals surface area contributed by atoms with Crippen LogP contribution in [0.4, 0.5) is 4.39 Å². The number of nitrogens with zero attached hydrogens (tertiary/aromatic N) is 1. The zero-order valence-electron chi connectivity index (χ0n) is 11.4. The molecule has 1 heterocycles. The van der Waals surface area contributed by atoms with Gasteiger partial charge < -0.3 is 10.1 Å². The number of nitrogens with one attached hydrogen (secondary N) is 1. The van der Waals surface area contributed by atoms with Gasteiger partial charge in [0.2, 0.25) is 0 Å². The molecule has 0 spiro atoms. The van der Waals surface area contributed by atoms with E-state index in [9.17, 15) is 9.18 Å². The highest BCUT2D eigenvalue weighted by atomic mass is 35.5. The number of benzene rings is 1. The first-order valence-corrected chi connectivity index (χ1v) is 6.99. The Bertz CT molecular complexity index is 476. The van der Waals surface area contributed by atoms with E-state index in [0.717, 1.165) is 26.1 Å². The Kier molecular flexibility index (Phi) is 5.34. The van der Waals surface area contributed by atoms with Crippen molar-refractivity contribution in [2.45, 2.75) is 12.5 Å². The first-order chi connectivity index (χ1) is 9.63. The summed E-state index contributed by atoms with van der Waals surface area (Å²) in [6, 6.07) is 3.64.